The lowest BCUT2D eigenvalue weighted by Gasteiger charge is -1.97. The third kappa shape index (κ3) is 1.35. The van der Waals surface area contributed by atoms with Gasteiger partial charge < -0.3 is 0 Å². The van der Waals surface area contributed by atoms with E-state index in [-0.39, 0.29) is 0 Å². The third-order valence-corrected chi connectivity index (χ3v) is 1.67. The van der Waals surface area contributed by atoms with E-state index in [2.05, 4.69) is 4.98 Å². The van der Waals surface area contributed by atoms with Crippen molar-refractivity contribution >= 4 is 0 Å². The summed E-state index contributed by atoms with van der Waals surface area (Å²) in [5, 5.41) is 0. The van der Waals surface area contributed by atoms with Crippen LogP contribution in [0.1, 0.15) is 1.37 Å². The zero-order valence-corrected chi connectivity index (χ0v) is 6.57. The fourth-order valence-electron chi connectivity index (χ4n) is 1.09. The molecular formula is C11H9N. The molecule has 1 aromatic carbocycles. The SMILES string of the molecule is [2H]c1cccc(-c2ccccn2)c1. The summed E-state index contributed by atoms with van der Waals surface area (Å²) in [7, 11) is 0. The van der Waals surface area contributed by atoms with E-state index < -0.39 is 0 Å². The first-order valence-corrected chi connectivity index (χ1v) is 3.84. The summed E-state index contributed by atoms with van der Waals surface area (Å²) in [4.78, 5) is 4.21. The largest absolute Gasteiger partial charge is 0.256 e. The molecule has 0 amide bonds. The fourth-order valence-corrected chi connectivity index (χ4v) is 1.09. The van der Waals surface area contributed by atoms with Crippen LogP contribution in [0, 0.1) is 0 Å². The number of benzene rings is 1. The molecule has 0 N–H and O–H groups in total. The quantitative estimate of drug-likeness (QED) is 0.618. The van der Waals surface area contributed by atoms with Gasteiger partial charge in [0.2, 0.25) is 0 Å². The van der Waals surface area contributed by atoms with Crippen LogP contribution in [0.5, 0.6) is 0 Å². The van der Waals surface area contributed by atoms with Crippen molar-refractivity contribution in [2.75, 3.05) is 0 Å². The van der Waals surface area contributed by atoms with Crippen molar-refractivity contribution < 1.29 is 1.37 Å². The molecule has 2 rings (SSSR count). The molecule has 0 bridgehead atoms. The molecule has 2 aromatic rings. The van der Waals surface area contributed by atoms with Gasteiger partial charge in [-0.05, 0) is 12.1 Å². The molecule has 0 fully saturated rings. The summed E-state index contributed by atoms with van der Waals surface area (Å²) in [6.07, 6.45) is 1.76. The Labute approximate surface area is 73.1 Å². The molecule has 0 aliphatic heterocycles. The first-order chi connectivity index (χ1) is 6.36. The van der Waals surface area contributed by atoms with Crippen molar-refractivity contribution in [2.45, 2.75) is 0 Å². The van der Waals surface area contributed by atoms with Crippen LogP contribution in [0.25, 0.3) is 11.3 Å². The highest BCUT2D eigenvalue weighted by Gasteiger charge is 1.93. The zero-order valence-electron chi connectivity index (χ0n) is 7.57. The van der Waals surface area contributed by atoms with Crippen LogP contribution >= 0.6 is 0 Å². The van der Waals surface area contributed by atoms with Crippen LogP contribution in [0.2, 0.25) is 0 Å². The van der Waals surface area contributed by atoms with Crippen LogP contribution in [0.15, 0.2) is 54.7 Å². The number of pyridine rings is 1. The molecule has 0 saturated heterocycles. The molecule has 0 atom stereocenters. The average Bonchev–Trinajstić information content (AvgIpc) is 2.19. The van der Waals surface area contributed by atoms with Crippen LogP contribution in [-0.2, 0) is 0 Å². The minimum atomic E-state index is 0.517. The molecule has 1 aromatic heterocycles. The highest BCUT2D eigenvalue weighted by atomic mass is 14.7. The van der Waals surface area contributed by atoms with E-state index in [9.17, 15) is 0 Å². The molecule has 0 radical (unpaired) electrons. The molecule has 1 heteroatoms. The third-order valence-electron chi connectivity index (χ3n) is 1.67. The van der Waals surface area contributed by atoms with Crippen molar-refractivity contribution in [2.24, 2.45) is 0 Å². The Balaban J connectivity index is 2.48. The van der Waals surface area contributed by atoms with Crippen molar-refractivity contribution in [3.05, 3.63) is 54.7 Å². The van der Waals surface area contributed by atoms with E-state index in [1.54, 1.807) is 12.3 Å². The van der Waals surface area contributed by atoms with Gasteiger partial charge in [-0.1, -0.05) is 36.4 Å². The van der Waals surface area contributed by atoms with E-state index in [1.165, 1.54) is 0 Å². The van der Waals surface area contributed by atoms with Crippen LogP contribution < -0.4 is 0 Å². The summed E-state index contributed by atoms with van der Waals surface area (Å²) in [5.41, 5.74) is 1.91. The van der Waals surface area contributed by atoms with Crippen molar-refractivity contribution in [3.8, 4) is 11.3 Å². The van der Waals surface area contributed by atoms with Gasteiger partial charge in [-0.25, -0.2) is 0 Å². The summed E-state index contributed by atoms with van der Waals surface area (Å²) < 4.78 is 7.46. The number of nitrogens with zero attached hydrogens (tertiary/aromatic N) is 1. The van der Waals surface area contributed by atoms with Gasteiger partial charge in [-0.15, -0.1) is 0 Å². The Bertz CT molecular complexity index is 398. The molecule has 0 unspecified atom stereocenters. The number of hydrogen-bond donors (Lipinski definition) is 0. The predicted molar refractivity (Wildman–Crippen MR) is 49.7 cm³/mol. The second kappa shape index (κ2) is 3.18. The first-order valence-electron chi connectivity index (χ1n) is 4.34. The van der Waals surface area contributed by atoms with Gasteiger partial charge in [0.25, 0.3) is 0 Å². The van der Waals surface area contributed by atoms with Gasteiger partial charge >= 0.3 is 0 Å². The Morgan fingerprint density at radius 2 is 1.92 bits per heavy atom. The molecule has 1 heterocycles. The summed E-state index contributed by atoms with van der Waals surface area (Å²) in [5.74, 6) is 0. The van der Waals surface area contributed by atoms with Crippen molar-refractivity contribution in [3.63, 3.8) is 0 Å². The molecule has 0 aliphatic rings. The Morgan fingerprint density at radius 1 is 1.00 bits per heavy atom. The maximum absolute atomic E-state index is 7.46. The smallest absolute Gasteiger partial charge is 0.0701 e. The van der Waals surface area contributed by atoms with E-state index in [1.807, 2.05) is 36.4 Å². The van der Waals surface area contributed by atoms with Gasteiger partial charge in [-0.3, -0.25) is 4.98 Å². The highest BCUT2D eigenvalue weighted by Crippen LogP contribution is 2.14. The standard InChI is InChI=1S/C11H9N/c1-2-6-10(7-3-1)11-8-4-5-9-12-11/h1-9H/i2D. The molecular weight excluding hydrogens is 146 g/mol. The fraction of sp³-hybridized carbons (Fsp3) is 0. The van der Waals surface area contributed by atoms with Gasteiger partial charge in [0, 0.05) is 11.8 Å². The van der Waals surface area contributed by atoms with Gasteiger partial charge in [0.05, 0.1) is 7.06 Å². The summed E-state index contributed by atoms with van der Waals surface area (Å²) >= 11 is 0. The lowest BCUT2D eigenvalue weighted by Crippen LogP contribution is -1.79. The topological polar surface area (TPSA) is 12.9 Å². The van der Waals surface area contributed by atoms with Gasteiger partial charge in [-0.2, -0.15) is 0 Å². The normalized spacial score (nSPS) is 10.8. The van der Waals surface area contributed by atoms with E-state index in [0.29, 0.717) is 6.04 Å². The predicted octanol–water partition coefficient (Wildman–Crippen LogP) is 2.75. The second-order valence-corrected chi connectivity index (χ2v) is 2.51. The van der Waals surface area contributed by atoms with Crippen LogP contribution in [0.4, 0.5) is 0 Å². The minimum Gasteiger partial charge on any atom is -0.256 e. The number of aromatic nitrogens is 1. The molecule has 58 valence electrons. The Morgan fingerprint density at radius 3 is 2.67 bits per heavy atom. The zero-order chi connectivity index (χ0) is 9.10. The lowest BCUT2D eigenvalue weighted by molar-refractivity contribution is 1.33. The van der Waals surface area contributed by atoms with E-state index in [0.717, 1.165) is 11.3 Å². The van der Waals surface area contributed by atoms with E-state index in [4.69, 9.17) is 1.37 Å². The maximum Gasteiger partial charge on any atom is 0.0701 e. The molecule has 0 aliphatic carbocycles. The molecule has 12 heavy (non-hydrogen) atoms. The minimum absolute atomic E-state index is 0.517. The molecule has 0 spiro atoms. The Kier molecular flexibility index (Phi) is 1.58. The van der Waals surface area contributed by atoms with Crippen LogP contribution in [0.3, 0.4) is 0 Å². The molecule has 0 saturated carbocycles. The van der Waals surface area contributed by atoms with Gasteiger partial charge in [0.15, 0.2) is 0 Å². The summed E-state index contributed by atoms with van der Waals surface area (Å²) in [6.45, 7) is 0. The number of hydrogen-bond acceptors (Lipinski definition) is 1. The molecule has 1 nitrogen and oxygen atoms in total. The average molecular weight is 156 g/mol. The van der Waals surface area contributed by atoms with Crippen LogP contribution in [-0.4, -0.2) is 4.98 Å². The van der Waals surface area contributed by atoms with Crippen molar-refractivity contribution in [1.82, 2.24) is 4.98 Å². The van der Waals surface area contributed by atoms with Gasteiger partial charge in [0.1, 0.15) is 0 Å². The second-order valence-electron chi connectivity index (χ2n) is 2.51. The lowest BCUT2D eigenvalue weighted by atomic mass is 10.1. The number of rotatable bonds is 1. The van der Waals surface area contributed by atoms with Crippen molar-refractivity contribution in [1.29, 1.82) is 0 Å². The monoisotopic (exact) mass is 156 g/mol. The highest BCUT2D eigenvalue weighted by molar-refractivity contribution is 5.58. The Hall–Kier alpha value is -1.63. The maximum atomic E-state index is 7.46. The van der Waals surface area contributed by atoms with E-state index >= 15 is 0 Å². The first kappa shape index (κ1) is 5.95. The summed E-state index contributed by atoms with van der Waals surface area (Å²) in [6, 6.07) is 13.7.